The second-order valence-corrected chi connectivity index (χ2v) is 6.91. The normalized spacial score (nSPS) is 29.7. The molecule has 0 aromatic carbocycles. The minimum Gasteiger partial charge on any atom is -0.374 e. The zero-order valence-electron chi connectivity index (χ0n) is 8.54. The van der Waals surface area contributed by atoms with Crippen molar-refractivity contribution in [3.63, 3.8) is 0 Å². The van der Waals surface area contributed by atoms with Crippen LogP contribution in [0.2, 0.25) is 0 Å². The number of hydrogen-bond donors (Lipinski definition) is 0. The van der Waals surface area contributed by atoms with Crippen molar-refractivity contribution in [2.24, 2.45) is 0 Å². The van der Waals surface area contributed by atoms with E-state index in [1.807, 2.05) is 0 Å². The van der Waals surface area contributed by atoms with E-state index < -0.39 is 0 Å². The second kappa shape index (κ2) is 5.47. The number of thioether (sulfide) groups is 2. The summed E-state index contributed by atoms with van der Waals surface area (Å²) in [6, 6.07) is 0. The first-order valence-electron chi connectivity index (χ1n) is 5.36. The number of hydrogen-bond acceptors (Lipinski definition) is 3. The summed E-state index contributed by atoms with van der Waals surface area (Å²) < 4.78 is 6.47. The van der Waals surface area contributed by atoms with Gasteiger partial charge in [0, 0.05) is 0 Å². The lowest BCUT2D eigenvalue weighted by Gasteiger charge is -2.21. The van der Waals surface area contributed by atoms with E-state index in [0.717, 1.165) is 17.6 Å². The van der Waals surface area contributed by atoms with Gasteiger partial charge in [0.1, 0.15) is 0 Å². The van der Waals surface area contributed by atoms with Gasteiger partial charge in [-0.05, 0) is 42.8 Å². The molecule has 2 rings (SSSR count). The standard InChI is InChI=1S/C11H18OS2/c1-9-7-10(12-8-9)3-4-11-13-5-2-6-14-11/h10-11H,1-8H2. The van der Waals surface area contributed by atoms with Gasteiger partial charge in [0.15, 0.2) is 0 Å². The molecule has 2 heterocycles. The van der Waals surface area contributed by atoms with Crippen LogP contribution in [0.1, 0.15) is 25.7 Å². The van der Waals surface area contributed by atoms with Crippen LogP contribution in [-0.4, -0.2) is 28.8 Å². The Kier molecular flexibility index (Phi) is 4.26. The summed E-state index contributed by atoms with van der Waals surface area (Å²) >= 11 is 4.26. The van der Waals surface area contributed by atoms with Gasteiger partial charge < -0.3 is 4.74 Å². The summed E-state index contributed by atoms with van der Waals surface area (Å²) in [5, 5.41) is 0. The highest BCUT2D eigenvalue weighted by atomic mass is 32.2. The van der Waals surface area contributed by atoms with Crippen molar-refractivity contribution in [3.05, 3.63) is 12.2 Å². The van der Waals surface area contributed by atoms with Crippen molar-refractivity contribution in [2.45, 2.75) is 36.4 Å². The molecule has 2 fully saturated rings. The van der Waals surface area contributed by atoms with Crippen molar-refractivity contribution in [3.8, 4) is 0 Å². The smallest absolute Gasteiger partial charge is 0.0679 e. The molecule has 80 valence electrons. The third kappa shape index (κ3) is 3.21. The minimum atomic E-state index is 0.477. The van der Waals surface area contributed by atoms with Gasteiger partial charge in [0.05, 0.1) is 17.3 Å². The molecule has 2 saturated heterocycles. The van der Waals surface area contributed by atoms with Crippen LogP contribution in [0.5, 0.6) is 0 Å². The molecule has 0 aliphatic carbocycles. The van der Waals surface area contributed by atoms with Gasteiger partial charge in [-0.1, -0.05) is 6.58 Å². The van der Waals surface area contributed by atoms with Crippen LogP contribution in [0, 0.1) is 0 Å². The Morgan fingerprint density at radius 2 is 2.07 bits per heavy atom. The fourth-order valence-electron chi connectivity index (χ4n) is 1.89. The third-order valence-electron chi connectivity index (χ3n) is 2.66. The summed E-state index contributed by atoms with van der Waals surface area (Å²) in [6.07, 6.45) is 5.51. The van der Waals surface area contributed by atoms with E-state index in [1.54, 1.807) is 0 Å². The first-order valence-corrected chi connectivity index (χ1v) is 7.46. The lowest BCUT2D eigenvalue weighted by molar-refractivity contribution is 0.106. The van der Waals surface area contributed by atoms with E-state index in [2.05, 4.69) is 30.1 Å². The molecule has 2 aliphatic rings. The van der Waals surface area contributed by atoms with Crippen LogP contribution < -0.4 is 0 Å². The summed E-state index contributed by atoms with van der Waals surface area (Å²) in [5.74, 6) is 2.71. The molecule has 0 amide bonds. The van der Waals surface area contributed by atoms with Crippen LogP contribution in [0.3, 0.4) is 0 Å². The van der Waals surface area contributed by atoms with Crippen LogP contribution in [-0.2, 0) is 4.74 Å². The molecule has 0 aromatic heterocycles. The molecule has 0 bridgehead atoms. The number of rotatable bonds is 3. The first kappa shape index (κ1) is 10.9. The molecular weight excluding hydrogens is 212 g/mol. The highest BCUT2D eigenvalue weighted by Crippen LogP contribution is 2.35. The Morgan fingerprint density at radius 3 is 2.71 bits per heavy atom. The summed E-state index contributed by atoms with van der Waals surface area (Å²) in [4.78, 5) is 0. The molecular formula is C11H18OS2. The Bertz CT molecular complexity index is 199. The Morgan fingerprint density at radius 1 is 1.29 bits per heavy atom. The fraction of sp³-hybridized carbons (Fsp3) is 0.818. The Hall–Kier alpha value is 0.400. The maximum atomic E-state index is 5.64. The van der Waals surface area contributed by atoms with Gasteiger partial charge in [0.2, 0.25) is 0 Å². The van der Waals surface area contributed by atoms with Crippen molar-refractivity contribution < 1.29 is 4.74 Å². The maximum Gasteiger partial charge on any atom is 0.0679 e. The fourth-order valence-corrected chi connectivity index (χ4v) is 4.78. The highest BCUT2D eigenvalue weighted by Gasteiger charge is 2.21. The van der Waals surface area contributed by atoms with Crippen LogP contribution in [0.15, 0.2) is 12.2 Å². The van der Waals surface area contributed by atoms with Gasteiger partial charge in [-0.25, -0.2) is 0 Å². The van der Waals surface area contributed by atoms with Crippen LogP contribution in [0.25, 0.3) is 0 Å². The first-order chi connectivity index (χ1) is 6.84. The minimum absolute atomic E-state index is 0.477. The summed E-state index contributed by atoms with van der Waals surface area (Å²) in [5.41, 5.74) is 1.28. The summed E-state index contributed by atoms with van der Waals surface area (Å²) in [7, 11) is 0. The monoisotopic (exact) mass is 230 g/mol. The average molecular weight is 230 g/mol. The summed E-state index contributed by atoms with van der Waals surface area (Å²) in [6.45, 7) is 4.76. The van der Waals surface area contributed by atoms with Gasteiger partial charge >= 0.3 is 0 Å². The van der Waals surface area contributed by atoms with Crippen molar-refractivity contribution >= 4 is 23.5 Å². The van der Waals surface area contributed by atoms with Gasteiger partial charge in [-0.15, -0.1) is 23.5 Å². The largest absolute Gasteiger partial charge is 0.374 e. The quantitative estimate of drug-likeness (QED) is 0.688. The van der Waals surface area contributed by atoms with Gasteiger partial charge in [-0.2, -0.15) is 0 Å². The molecule has 0 saturated carbocycles. The SMILES string of the molecule is C=C1COC(CCC2SCCCS2)C1. The van der Waals surface area contributed by atoms with E-state index in [1.165, 1.54) is 36.3 Å². The maximum absolute atomic E-state index is 5.64. The van der Waals surface area contributed by atoms with E-state index in [0.29, 0.717) is 6.10 Å². The van der Waals surface area contributed by atoms with Crippen molar-refractivity contribution in [1.29, 1.82) is 0 Å². The molecule has 0 radical (unpaired) electrons. The zero-order valence-corrected chi connectivity index (χ0v) is 10.2. The zero-order chi connectivity index (χ0) is 9.80. The molecule has 14 heavy (non-hydrogen) atoms. The topological polar surface area (TPSA) is 9.23 Å². The molecule has 1 nitrogen and oxygen atoms in total. The van der Waals surface area contributed by atoms with E-state index in [4.69, 9.17) is 4.74 Å². The van der Waals surface area contributed by atoms with Gasteiger partial charge in [-0.3, -0.25) is 0 Å². The van der Waals surface area contributed by atoms with Crippen molar-refractivity contribution in [2.75, 3.05) is 18.1 Å². The molecule has 1 atom stereocenters. The molecule has 2 aliphatic heterocycles. The molecule has 3 heteroatoms. The Balaban J connectivity index is 1.63. The van der Waals surface area contributed by atoms with E-state index in [-0.39, 0.29) is 0 Å². The van der Waals surface area contributed by atoms with E-state index >= 15 is 0 Å². The predicted molar refractivity (Wildman–Crippen MR) is 66.1 cm³/mol. The van der Waals surface area contributed by atoms with Crippen molar-refractivity contribution in [1.82, 2.24) is 0 Å². The lowest BCUT2D eigenvalue weighted by Crippen LogP contribution is -2.11. The number of ether oxygens (including phenoxy) is 1. The molecule has 1 unspecified atom stereocenters. The van der Waals surface area contributed by atoms with Gasteiger partial charge in [0.25, 0.3) is 0 Å². The van der Waals surface area contributed by atoms with Crippen LogP contribution in [0.4, 0.5) is 0 Å². The molecule has 0 spiro atoms. The van der Waals surface area contributed by atoms with E-state index in [9.17, 15) is 0 Å². The molecule has 0 aromatic rings. The lowest BCUT2D eigenvalue weighted by atomic mass is 10.1. The molecule has 0 N–H and O–H groups in total. The highest BCUT2D eigenvalue weighted by molar-refractivity contribution is 8.17. The Labute approximate surface area is 95.0 Å². The van der Waals surface area contributed by atoms with Crippen LogP contribution >= 0.6 is 23.5 Å². The third-order valence-corrected chi connectivity index (χ3v) is 5.74. The predicted octanol–water partition coefficient (Wildman–Crippen LogP) is 3.31. The average Bonchev–Trinajstić information content (AvgIpc) is 2.63. The second-order valence-electron chi connectivity index (χ2n) is 3.99.